The van der Waals surface area contributed by atoms with Crippen molar-refractivity contribution in [3.8, 4) is 0 Å². The maximum Gasteiger partial charge on any atom is 0.319 e. The Bertz CT molecular complexity index is 407. The second-order valence-electron chi connectivity index (χ2n) is 3.86. The molecule has 0 spiro atoms. The molecule has 1 aromatic rings. The minimum absolute atomic E-state index is 0.154. The molecule has 0 saturated heterocycles. The molecule has 2 rings (SSSR count). The molecule has 5 heteroatoms. The highest BCUT2D eigenvalue weighted by Crippen LogP contribution is 2.25. The first-order valence-corrected chi connectivity index (χ1v) is 6.35. The molecule has 1 aliphatic carbocycles. The van der Waals surface area contributed by atoms with E-state index in [9.17, 15) is 4.79 Å². The third-order valence-electron chi connectivity index (χ3n) is 2.62. The number of hydrogen-bond acceptors (Lipinski definition) is 1. The zero-order valence-electron chi connectivity index (χ0n) is 8.59. The molecular formula is C11H12BrClN2O. The molecule has 0 radical (unpaired) electrons. The highest BCUT2D eigenvalue weighted by Gasteiger charge is 2.19. The molecular weight excluding hydrogens is 291 g/mol. The topological polar surface area (TPSA) is 41.1 Å². The molecule has 1 aliphatic rings. The zero-order valence-corrected chi connectivity index (χ0v) is 10.9. The summed E-state index contributed by atoms with van der Waals surface area (Å²) in [5, 5.41) is 6.30. The van der Waals surface area contributed by atoms with Crippen molar-refractivity contribution in [2.75, 3.05) is 5.32 Å². The molecule has 0 aromatic heterocycles. The minimum Gasteiger partial charge on any atom is -0.335 e. The van der Waals surface area contributed by atoms with Crippen LogP contribution in [0, 0.1) is 0 Å². The van der Waals surface area contributed by atoms with Gasteiger partial charge in [-0.25, -0.2) is 4.79 Å². The monoisotopic (exact) mass is 302 g/mol. The fourth-order valence-electron chi connectivity index (χ4n) is 1.48. The van der Waals surface area contributed by atoms with Gasteiger partial charge in [0.2, 0.25) is 0 Å². The average molecular weight is 304 g/mol. The van der Waals surface area contributed by atoms with Gasteiger partial charge in [0.15, 0.2) is 0 Å². The Morgan fingerprint density at radius 2 is 2.19 bits per heavy atom. The standard InChI is InChI=1S/C11H12BrClN2O/c12-9-6-8(4-5-10(9)13)15-11(16)14-7-2-1-3-7/h4-7H,1-3H2,(H2,14,15,16). The Morgan fingerprint density at radius 3 is 2.75 bits per heavy atom. The number of hydrogen-bond donors (Lipinski definition) is 2. The van der Waals surface area contributed by atoms with E-state index in [4.69, 9.17) is 11.6 Å². The predicted molar refractivity (Wildman–Crippen MR) is 68.9 cm³/mol. The first-order valence-electron chi connectivity index (χ1n) is 5.18. The third-order valence-corrected chi connectivity index (χ3v) is 3.83. The fourth-order valence-corrected chi connectivity index (χ4v) is 1.98. The number of rotatable bonds is 2. The molecule has 16 heavy (non-hydrogen) atoms. The Balaban J connectivity index is 1.92. The van der Waals surface area contributed by atoms with Crippen LogP contribution in [-0.2, 0) is 0 Å². The van der Waals surface area contributed by atoms with Crippen LogP contribution in [0.25, 0.3) is 0 Å². The summed E-state index contributed by atoms with van der Waals surface area (Å²) in [6.07, 6.45) is 3.37. The molecule has 86 valence electrons. The second kappa shape index (κ2) is 5.06. The predicted octanol–water partition coefficient (Wildman–Crippen LogP) is 3.78. The summed E-state index contributed by atoms with van der Waals surface area (Å²) in [4.78, 5) is 11.5. The van der Waals surface area contributed by atoms with Crippen molar-refractivity contribution in [3.05, 3.63) is 27.7 Å². The van der Waals surface area contributed by atoms with Crippen LogP contribution in [0.2, 0.25) is 5.02 Å². The van der Waals surface area contributed by atoms with Gasteiger partial charge < -0.3 is 10.6 Å². The van der Waals surface area contributed by atoms with Crippen molar-refractivity contribution in [2.45, 2.75) is 25.3 Å². The minimum atomic E-state index is -0.154. The first kappa shape index (κ1) is 11.7. The van der Waals surface area contributed by atoms with E-state index >= 15 is 0 Å². The van der Waals surface area contributed by atoms with E-state index in [-0.39, 0.29) is 6.03 Å². The van der Waals surface area contributed by atoms with Crippen LogP contribution in [0.5, 0.6) is 0 Å². The summed E-state index contributed by atoms with van der Waals surface area (Å²) < 4.78 is 0.774. The molecule has 0 bridgehead atoms. The van der Waals surface area contributed by atoms with Crippen LogP contribution >= 0.6 is 27.5 Å². The SMILES string of the molecule is O=C(Nc1ccc(Cl)c(Br)c1)NC1CCC1. The van der Waals surface area contributed by atoms with Crippen LogP contribution in [0.1, 0.15) is 19.3 Å². The molecule has 3 nitrogen and oxygen atoms in total. The summed E-state index contributed by atoms with van der Waals surface area (Å²) in [5.41, 5.74) is 0.730. The summed E-state index contributed by atoms with van der Waals surface area (Å²) in [6.45, 7) is 0. The Hall–Kier alpha value is -0.740. The molecule has 0 atom stereocenters. The van der Waals surface area contributed by atoms with Crippen molar-refractivity contribution in [1.82, 2.24) is 5.32 Å². The fraction of sp³-hybridized carbons (Fsp3) is 0.364. The third kappa shape index (κ3) is 2.89. The lowest BCUT2D eigenvalue weighted by Gasteiger charge is -2.26. The number of carbonyl (C=O) groups excluding carboxylic acids is 1. The molecule has 0 aliphatic heterocycles. The van der Waals surface area contributed by atoms with Crippen LogP contribution in [0.15, 0.2) is 22.7 Å². The van der Waals surface area contributed by atoms with Crippen LogP contribution < -0.4 is 10.6 Å². The van der Waals surface area contributed by atoms with E-state index in [1.165, 1.54) is 6.42 Å². The van der Waals surface area contributed by atoms with Gasteiger partial charge in [-0.15, -0.1) is 0 Å². The van der Waals surface area contributed by atoms with E-state index in [1.54, 1.807) is 18.2 Å². The Labute approximate surface area is 108 Å². The van der Waals surface area contributed by atoms with E-state index in [1.807, 2.05) is 0 Å². The van der Waals surface area contributed by atoms with E-state index in [0.29, 0.717) is 11.1 Å². The first-order chi connectivity index (χ1) is 7.65. The van der Waals surface area contributed by atoms with Crippen molar-refractivity contribution in [3.63, 3.8) is 0 Å². The Morgan fingerprint density at radius 1 is 1.44 bits per heavy atom. The van der Waals surface area contributed by atoms with Gasteiger partial charge in [0, 0.05) is 16.2 Å². The van der Waals surface area contributed by atoms with Crippen molar-refractivity contribution in [2.24, 2.45) is 0 Å². The molecule has 1 aromatic carbocycles. The molecule has 1 fully saturated rings. The van der Waals surface area contributed by atoms with Gasteiger partial charge in [0.05, 0.1) is 5.02 Å². The molecule has 0 unspecified atom stereocenters. The number of halogens is 2. The van der Waals surface area contributed by atoms with Crippen molar-refractivity contribution in [1.29, 1.82) is 0 Å². The molecule has 2 N–H and O–H groups in total. The summed E-state index contributed by atoms with van der Waals surface area (Å²) in [5.74, 6) is 0. The number of nitrogens with one attached hydrogen (secondary N) is 2. The van der Waals surface area contributed by atoms with Gasteiger partial charge in [-0.3, -0.25) is 0 Å². The number of urea groups is 1. The van der Waals surface area contributed by atoms with Crippen LogP contribution in [-0.4, -0.2) is 12.1 Å². The van der Waals surface area contributed by atoms with Gasteiger partial charge in [-0.2, -0.15) is 0 Å². The van der Waals surface area contributed by atoms with Crippen molar-refractivity contribution >= 4 is 39.2 Å². The zero-order chi connectivity index (χ0) is 11.5. The second-order valence-corrected chi connectivity index (χ2v) is 5.12. The summed E-state index contributed by atoms with van der Waals surface area (Å²) >= 11 is 9.17. The molecule has 1 saturated carbocycles. The quantitative estimate of drug-likeness (QED) is 0.858. The maximum absolute atomic E-state index is 11.5. The maximum atomic E-state index is 11.5. The largest absolute Gasteiger partial charge is 0.335 e. The summed E-state index contributed by atoms with van der Waals surface area (Å²) in [7, 11) is 0. The van der Waals surface area contributed by atoms with Crippen LogP contribution in [0.4, 0.5) is 10.5 Å². The van der Waals surface area contributed by atoms with Crippen LogP contribution in [0.3, 0.4) is 0 Å². The lowest BCUT2D eigenvalue weighted by atomic mass is 9.93. The van der Waals surface area contributed by atoms with Gasteiger partial charge in [-0.1, -0.05) is 11.6 Å². The van der Waals surface area contributed by atoms with Crippen molar-refractivity contribution < 1.29 is 4.79 Å². The number of benzene rings is 1. The van der Waals surface area contributed by atoms with E-state index < -0.39 is 0 Å². The van der Waals surface area contributed by atoms with Gasteiger partial charge >= 0.3 is 6.03 Å². The lowest BCUT2D eigenvalue weighted by molar-refractivity contribution is 0.240. The number of amides is 2. The average Bonchev–Trinajstić information content (AvgIpc) is 2.18. The number of carbonyl (C=O) groups is 1. The smallest absolute Gasteiger partial charge is 0.319 e. The van der Waals surface area contributed by atoms with Gasteiger partial charge in [0.1, 0.15) is 0 Å². The number of anilines is 1. The molecule has 2 amide bonds. The lowest BCUT2D eigenvalue weighted by Crippen LogP contribution is -2.41. The van der Waals surface area contributed by atoms with Gasteiger partial charge in [0.25, 0.3) is 0 Å². The van der Waals surface area contributed by atoms with E-state index in [0.717, 1.165) is 23.0 Å². The highest BCUT2D eigenvalue weighted by atomic mass is 79.9. The van der Waals surface area contributed by atoms with Gasteiger partial charge in [-0.05, 0) is 53.4 Å². The normalized spacial score (nSPS) is 15.4. The highest BCUT2D eigenvalue weighted by molar-refractivity contribution is 9.10. The molecule has 0 heterocycles. The van der Waals surface area contributed by atoms with E-state index in [2.05, 4.69) is 26.6 Å². The Kier molecular flexibility index (Phi) is 3.71. The summed E-state index contributed by atoms with van der Waals surface area (Å²) in [6, 6.07) is 5.48.